The van der Waals surface area contributed by atoms with Crippen LogP contribution in [0.15, 0.2) is 36.5 Å². The van der Waals surface area contributed by atoms with E-state index >= 15 is 0 Å². The Kier molecular flexibility index (Phi) is 3.40. The quantitative estimate of drug-likeness (QED) is 0.777. The minimum atomic E-state index is 0.406. The monoisotopic (exact) mass is 247 g/mol. The van der Waals surface area contributed by atoms with Crippen molar-refractivity contribution < 1.29 is 9.53 Å². The number of benzene rings is 1. The maximum atomic E-state index is 10.5. The molecule has 0 saturated carbocycles. The third kappa shape index (κ3) is 2.82. The van der Waals surface area contributed by atoms with Crippen LogP contribution in [0.4, 0.5) is 0 Å². The predicted molar refractivity (Wildman–Crippen MR) is 65.9 cm³/mol. The lowest BCUT2D eigenvalue weighted by Crippen LogP contribution is -1.90. The number of hydrogen-bond acceptors (Lipinski definition) is 3. The average Bonchev–Trinajstić information content (AvgIpc) is 2.35. The summed E-state index contributed by atoms with van der Waals surface area (Å²) in [6, 6.07) is 8.77. The van der Waals surface area contributed by atoms with Crippen LogP contribution in [0.3, 0.4) is 0 Å². The standard InChI is InChI=1S/C13H10ClNO2/c1-9-2-4-11(14)12(6-9)17-13-5-3-10(8-16)7-15-13/h2-8H,1H3. The summed E-state index contributed by atoms with van der Waals surface area (Å²) in [5, 5.41) is 0.525. The van der Waals surface area contributed by atoms with Gasteiger partial charge in [-0.15, -0.1) is 0 Å². The Morgan fingerprint density at radius 1 is 1.29 bits per heavy atom. The van der Waals surface area contributed by atoms with Crippen LogP contribution in [0.5, 0.6) is 11.6 Å². The molecule has 2 aromatic rings. The third-order valence-corrected chi connectivity index (χ3v) is 2.51. The molecule has 0 aliphatic heterocycles. The fraction of sp³-hybridized carbons (Fsp3) is 0.0769. The molecule has 86 valence electrons. The van der Waals surface area contributed by atoms with Gasteiger partial charge in [0.2, 0.25) is 5.88 Å². The molecule has 3 nitrogen and oxygen atoms in total. The molecule has 1 aromatic carbocycles. The van der Waals surface area contributed by atoms with Crippen molar-refractivity contribution in [3.05, 3.63) is 52.7 Å². The van der Waals surface area contributed by atoms with Gasteiger partial charge >= 0.3 is 0 Å². The highest BCUT2D eigenvalue weighted by molar-refractivity contribution is 6.32. The van der Waals surface area contributed by atoms with Crippen LogP contribution in [0.25, 0.3) is 0 Å². The van der Waals surface area contributed by atoms with E-state index in [0.29, 0.717) is 22.2 Å². The Morgan fingerprint density at radius 3 is 2.76 bits per heavy atom. The van der Waals surface area contributed by atoms with Crippen LogP contribution < -0.4 is 4.74 Å². The van der Waals surface area contributed by atoms with Crippen molar-refractivity contribution in [2.45, 2.75) is 6.92 Å². The van der Waals surface area contributed by atoms with Crippen LogP contribution in [-0.4, -0.2) is 11.3 Å². The van der Waals surface area contributed by atoms with E-state index in [-0.39, 0.29) is 0 Å². The maximum absolute atomic E-state index is 10.5. The van der Waals surface area contributed by atoms with Crippen LogP contribution >= 0.6 is 11.6 Å². The van der Waals surface area contributed by atoms with Crippen LogP contribution in [0.2, 0.25) is 5.02 Å². The fourth-order valence-corrected chi connectivity index (χ4v) is 1.48. The summed E-state index contributed by atoms with van der Waals surface area (Å²) in [6.07, 6.45) is 2.18. The number of aryl methyl sites for hydroxylation is 1. The summed E-state index contributed by atoms with van der Waals surface area (Å²) >= 11 is 6.00. The number of halogens is 1. The zero-order valence-corrected chi connectivity index (χ0v) is 9.94. The Morgan fingerprint density at radius 2 is 2.12 bits per heavy atom. The molecule has 0 unspecified atom stereocenters. The number of carbonyl (C=O) groups excluding carboxylic acids is 1. The second kappa shape index (κ2) is 4.97. The molecule has 0 fully saturated rings. The largest absolute Gasteiger partial charge is 0.437 e. The molecule has 0 aliphatic carbocycles. The van der Waals surface area contributed by atoms with Gasteiger partial charge in [-0.2, -0.15) is 0 Å². The first-order valence-corrected chi connectivity index (χ1v) is 5.42. The van der Waals surface area contributed by atoms with Crippen LogP contribution in [0.1, 0.15) is 15.9 Å². The topological polar surface area (TPSA) is 39.2 Å². The number of ether oxygens (including phenoxy) is 1. The number of pyridine rings is 1. The van der Waals surface area contributed by atoms with Gasteiger partial charge in [0.25, 0.3) is 0 Å². The first-order chi connectivity index (χ1) is 8.19. The SMILES string of the molecule is Cc1ccc(Cl)c(Oc2ccc(C=O)cn2)c1. The van der Waals surface area contributed by atoms with Gasteiger partial charge in [0.05, 0.1) is 5.02 Å². The lowest BCUT2D eigenvalue weighted by Gasteiger charge is -2.07. The van der Waals surface area contributed by atoms with Crippen molar-refractivity contribution in [2.75, 3.05) is 0 Å². The van der Waals surface area contributed by atoms with Crippen LogP contribution in [0, 0.1) is 6.92 Å². The molecule has 0 atom stereocenters. The van der Waals surface area contributed by atoms with E-state index in [0.717, 1.165) is 11.8 Å². The second-order valence-electron chi connectivity index (χ2n) is 3.58. The Labute approximate surface area is 104 Å². The maximum Gasteiger partial charge on any atom is 0.219 e. The molecule has 1 aromatic heterocycles. The highest BCUT2D eigenvalue weighted by Crippen LogP contribution is 2.29. The number of aromatic nitrogens is 1. The first kappa shape index (κ1) is 11.6. The van der Waals surface area contributed by atoms with Crippen molar-refractivity contribution in [2.24, 2.45) is 0 Å². The zero-order chi connectivity index (χ0) is 12.3. The average molecular weight is 248 g/mol. The molecule has 0 aliphatic rings. The number of rotatable bonds is 3. The second-order valence-corrected chi connectivity index (χ2v) is 3.99. The number of carbonyl (C=O) groups is 1. The minimum absolute atomic E-state index is 0.406. The van der Waals surface area contributed by atoms with Crippen molar-refractivity contribution >= 4 is 17.9 Å². The molecule has 0 spiro atoms. The molecule has 0 N–H and O–H groups in total. The lowest BCUT2D eigenvalue weighted by molar-refractivity contribution is 0.112. The van der Waals surface area contributed by atoms with E-state index in [4.69, 9.17) is 16.3 Å². The molecule has 4 heteroatoms. The molecule has 17 heavy (non-hydrogen) atoms. The van der Waals surface area contributed by atoms with Gasteiger partial charge in [0.15, 0.2) is 6.29 Å². The molecule has 2 rings (SSSR count). The van der Waals surface area contributed by atoms with E-state index in [1.807, 2.05) is 19.1 Å². The van der Waals surface area contributed by atoms with Gasteiger partial charge in [0, 0.05) is 17.8 Å². The highest BCUT2D eigenvalue weighted by atomic mass is 35.5. The van der Waals surface area contributed by atoms with E-state index < -0.39 is 0 Å². The minimum Gasteiger partial charge on any atom is -0.437 e. The molecule has 0 radical (unpaired) electrons. The van der Waals surface area contributed by atoms with E-state index in [9.17, 15) is 4.79 Å². The van der Waals surface area contributed by atoms with Gasteiger partial charge in [-0.3, -0.25) is 4.79 Å². The van der Waals surface area contributed by atoms with Crippen molar-refractivity contribution in [1.29, 1.82) is 0 Å². The fourth-order valence-electron chi connectivity index (χ4n) is 1.32. The molecule has 0 amide bonds. The van der Waals surface area contributed by atoms with Crippen molar-refractivity contribution in [3.63, 3.8) is 0 Å². The van der Waals surface area contributed by atoms with Gasteiger partial charge in [-0.05, 0) is 30.7 Å². The Balaban J connectivity index is 2.24. The molecular weight excluding hydrogens is 238 g/mol. The zero-order valence-electron chi connectivity index (χ0n) is 9.18. The van der Waals surface area contributed by atoms with Gasteiger partial charge in [-0.25, -0.2) is 4.98 Å². The van der Waals surface area contributed by atoms with Crippen molar-refractivity contribution in [3.8, 4) is 11.6 Å². The Bertz CT molecular complexity index is 538. The van der Waals surface area contributed by atoms with Crippen LogP contribution in [-0.2, 0) is 0 Å². The van der Waals surface area contributed by atoms with E-state index in [2.05, 4.69) is 4.98 Å². The molecular formula is C13H10ClNO2. The lowest BCUT2D eigenvalue weighted by atomic mass is 10.2. The predicted octanol–water partition coefficient (Wildman–Crippen LogP) is 3.65. The molecule has 0 bridgehead atoms. The van der Waals surface area contributed by atoms with Gasteiger partial charge < -0.3 is 4.74 Å². The van der Waals surface area contributed by atoms with E-state index in [1.54, 1.807) is 18.2 Å². The van der Waals surface area contributed by atoms with E-state index in [1.165, 1.54) is 6.20 Å². The van der Waals surface area contributed by atoms with Crippen molar-refractivity contribution in [1.82, 2.24) is 4.98 Å². The summed E-state index contributed by atoms with van der Waals surface area (Å²) < 4.78 is 5.53. The van der Waals surface area contributed by atoms with Gasteiger partial charge in [-0.1, -0.05) is 17.7 Å². The number of hydrogen-bond donors (Lipinski definition) is 0. The summed E-state index contributed by atoms with van der Waals surface area (Å²) in [4.78, 5) is 14.5. The number of aldehydes is 1. The third-order valence-electron chi connectivity index (χ3n) is 2.20. The summed E-state index contributed by atoms with van der Waals surface area (Å²) in [5.41, 5.74) is 1.56. The highest BCUT2D eigenvalue weighted by Gasteiger charge is 2.04. The normalized spacial score (nSPS) is 10.0. The summed E-state index contributed by atoms with van der Waals surface area (Å²) in [5.74, 6) is 0.959. The molecule has 0 saturated heterocycles. The number of nitrogens with zero attached hydrogens (tertiary/aromatic N) is 1. The van der Waals surface area contributed by atoms with Gasteiger partial charge in [0.1, 0.15) is 5.75 Å². The molecule has 1 heterocycles. The Hall–Kier alpha value is -1.87. The first-order valence-electron chi connectivity index (χ1n) is 5.04. The summed E-state index contributed by atoms with van der Waals surface area (Å²) in [6.45, 7) is 1.95. The smallest absolute Gasteiger partial charge is 0.219 e. The summed E-state index contributed by atoms with van der Waals surface area (Å²) in [7, 11) is 0.